The molecular formula is C16H19N3O3S. The summed E-state index contributed by atoms with van der Waals surface area (Å²) in [4.78, 5) is 16.4. The number of carbonyl (C=O) groups is 1. The number of nitrogens with zero attached hydrogens (tertiary/aromatic N) is 3. The molecule has 1 aliphatic rings. The number of aliphatic hydroxyl groups is 1. The van der Waals surface area contributed by atoms with E-state index >= 15 is 0 Å². The van der Waals surface area contributed by atoms with Gasteiger partial charge in [0.1, 0.15) is 5.01 Å². The highest BCUT2D eigenvalue weighted by atomic mass is 32.1. The van der Waals surface area contributed by atoms with E-state index in [1.807, 2.05) is 7.05 Å². The summed E-state index contributed by atoms with van der Waals surface area (Å²) in [7, 11) is 1.85. The van der Waals surface area contributed by atoms with Gasteiger partial charge in [-0.15, -0.1) is 0 Å². The minimum absolute atomic E-state index is 0.146. The molecule has 0 amide bonds. The molecule has 23 heavy (non-hydrogen) atoms. The van der Waals surface area contributed by atoms with E-state index in [9.17, 15) is 9.90 Å². The number of rotatable bonds is 3. The van der Waals surface area contributed by atoms with Gasteiger partial charge in [0.05, 0.1) is 17.7 Å². The molecule has 0 spiro atoms. The third kappa shape index (κ3) is 3.68. The average Bonchev–Trinajstić information content (AvgIpc) is 2.88. The predicted octanol–water partition coefficient (Wildman–Crippen LogP) is 2.05. The standard InChI is InChI=1S/C16H19N3O3S/c1-19-16(17-12-3-2-4-13(20)9-12)23-14(18-19)10-5-7-11(8-6-10)15(21)22/h5-8,12-13,20H,2-4,9H2,1H3,(H,21,22)/t12-,13-/m1/s1. The van der Waals surface area contributed by atoms with Crippen molar-refractivity contribution >= 4 is 17.3 Å². The molecule has 0 bridgehead atoms. The molecule has 1 aromatic heterocycles. The zero-order valence-corrected chi connectivity index (χ0v) is 13.7. The Morgan fingerprint density at radius 2 is 2.09 bits per heavy atom. The largest absolute Gasteiger partial charge is 0.478 e. The Morgan fingerprint density at radius 3 is 2.74 bits per heavy atom. The fourth-order valence-electron chi connectivity index (χ4n) is 2.75. The summed E-state index contributed by atoms with van der Waals surface area (Å²) >= 11 is 1.48. The molecule has 0 aliphatic heterocycles. The van der Waals surface area contributed by atoms with Crippen LogP contribution in [-0.4, -0.2) is 38.1 Å². The van der Waals surface area contributed by atoms with Crippen LogP contribution in [0.5, 0.6) is 0 Å². The van der Waals surface area contributed by atoms with Crippen LogP contribution in [0.25, 0.3) is 10.6 Å². The second-order valence-corrected chi connectivity index (χ2v) is 6.76. The van der Waals surface area contributed by atoms with Crippen LogP contribution in [0.3, 0.4) is 0 Å². The number of aryl methyl sites for hydroxylation is 1. The molecule has 1 heterocycles. The van der Waals surface area contributed by atoms with Crippen molar-refractivity contribution in [3.8, 4) is 10.6 Å². The fraction of sp³-hybridized carbons (Fsp3) is 0.438. The Morgan fingerprint density at radius 1 is 1.35 bits per heavy atom. The first-order valence-electron chi connectivity index (χ1n) is 7.62. The number of hydrogen-bond donors (Lipinski definition) is 2. The summed E-state index contributed by atoms with van der Waals surface area (Å²) in [6, 6.07) is 6.82. The molecule has 3 rings (SSSR count). The fourth-order valence-corrected chi connectivity index (χ4v) is 3.71. The van der Waals surface area contributed by atoms with Gasteiger partial charge in [-0.05, 0) is 37.8 Å². The number of carboxylic acids is 1. The zero-order valence-electron chi connectivity index (χ0n) is 12.8. The minimum Gasteiger partial charge on any atom is -0.478 e. The van der Waals surface area contributed by atoms with Gasteiger partial charge in [0.15, 0.2) is 0 Å². The summed E-state index contributed by atoms with van der Waals surface area (Å²) in [6.07, 6.45) is 3.32. The minimum atomic E-state index is -0.937. The monoisotopic (exact) mass is 333 g/mol. The Hall–Kier alpha value is -1.99. The summed E-state index contributed by atoms with van der Waals surface area (Å²) in [5, 5.41) is 24.0. The second kappa shape index (κ2) is 6.64. The van der Waals surface area contributed by atoms with Crippen molar-refractivity contribution in [1.82, 2.24) is 9.78 Å². The molecule has 1 fully saturated rings. The molecule has 122 valence electrons. The van der Waals surface area contributed by atoms with Crippen molar-refractivity contribution in [1.29, 1.82) is 0 Å². The SMILES string of the molecule is Cn1nc(-c2ccc(C(=O)O)cc2)sc1=N[C@@H]1CCC[C@@H](O)C1. The predicted molar refractivity (Wildman–Crippen MR) is 87.3 cm³/mol. The maximum atomic E-state index is 10.9. The molecule has 6 nitrogen and oxygen atoms in total. The molecule has 1 aromatic carbocycles. The van der Waals surface area contributed by atoms with Gasteiger partial charge in [0.2, 0.25) is 4.80 Å². The van der Waals surface area contributed by atoms with Gasteiger partial charge < -0.3 is 10.2 Å². The van der Waals surface area contributed by atoms with Crippen molar-refractivity contribution < 1.29 is 15.0 Å². The van der Waals surface area contributed by atoms with E-state index in [1.165, 1.54) is 11.3 Å². The maximum absolute atomic E-state index is 10.9. The van der Waals surface area contributed by atoms with Crippen LogP contribution < -0.4 is 4.80 Å². The van der Waals surface area contributed by atoms with Gasteiger partial charge in [0, 0.05) is 12.6 Å². The van der Waals surface area contributed by atoms with E-state index in [-0.39, 0.29) is 17.7 Å². The molecule has 1 aliphatic carbocycles. The highest BCUT2D eigenvalue weighted by Gasteiger charge is 2.19. The van der Waals surface area contributed by atoms with Crippen LogP contribution in [0.4, 0.5) is 0 Å². The summed E-state index contributed by atoms with van der Waals surface area (Å²) < 4.78 is 1.74. The van der Waals surface area contributed by atoms with Crippen LogP contribution in [0.1, 0.15) is 36.0 Å². The van der Waals surface area contributed by atoms with Gasteiger partial charge in [-0.1, -0.05) is 23.5 Å². The molecular weight excluding hydrogens is 314 g/mol. The smallest absolute Gasteiger partial charge is 0.335 e. The van der Waals surface area contributed by atoms with Crippen molar-refractivity contribution in [3.63, 3.8) is 0 Å². The maximum Gasteiger partial charge on any atom is 0.335 e. The van der Waals surface area contributed by atoms with E-state index in [0.29, 0.717) is 6.42 Å². The van der Waals surface area contributed by atoms with Crippen molar-refractivity contribution in [2.24, 2.45) is 12.0 Å². The first-order chi connectivity index (χ1) is 11.0. The third-order valence-corrected chi connectivity index (χ3v) is 5.06. The van der Waals surface area contributed by atoms with Gasteiger partial charge in [0.25, 0.3) is 0 Å². The van der Waals surface area contributed by atoms with E-state index in [4.69, 9.17) is 10.1 Å². The van der Waals surface area contributed by atoms with Gasteiger partial charge in [-0.2, -0.15) is 5.10 Å². The zero-order chi connectivity index (χ0) is 16.4. The van der Waals surface area contributed by atoms with Crippen LogP contribution in [0.2, 0.25) is 0 Å². The lowest BCUT2D eigenvalue weighted by atomic mass is 9.94. The van der Waals surface area contributed by atoms with Gasteiger partial charge >= 0.3 is 5.97 Å². The number of aromatic carboxylic acids is 1. The molecule has 2 N–H and O–H groups in total. The Bertz CT molecular complexity index is 764. The van der Waals surface area contributed by atoms with E-state index in [0.717, 1.165) is 34.6 Å². The molecule has 0 saturated heterocycles. The number of hydrogen-bond acceptors (Lipinski definition) is 5. The lowest BCUT2D eigenvalue weighted by molar-refractivity contribution is 0.0697. The Labute approximate surface area is 137 Å². The first kappa shape index (κ1) is 15.9. The molecule has 1 saturated carbocycles. The van der Waals surface area contributed by atoms with Gasteiger partial charge in [-0.25, -0.2) is 9.48 Å². The molecule has 2 aromatic rings. The molecule has 7 heteroatoms. The quantitative estimate of drug-likeness (QED) is 0.900. The van der Waals surface area contributed by atoms with E-state index < -0.39 is 5.97 Å². The van der Waals surface area contributed by atoms with E-state index in [2.05, 4.69) is 5.10 Å². The Kier molecular flexibility index (Phi) is 4.58. The highest BCUT2D eigenvalue weighted by molar-refractivity contribution is 7.12. The molecule has 0 radical (unpaired) electrons. The number of aliphatic hydroxyl groups excluding tert-OH is 1. The Balaban J connectivity index is 1.87. The average molecular weight is 333 g/mol. The second-order valence-electron chi connectivity index (χ2n) is 5.80. The number of benzene rings is 1. The van der Waals surface area contributed by atoms with Crippen LogP contribution in [-0.2, 0) is 7.05 Å². The van der Waals surface area contributed by atoms with E-state index in [1.54, 1.807) is 28.9 Å². The summed E-state index contributed by atoms with van der Waals surface area (Å²) in [5.41, 5.74) is 1.14. The first-order valence-corrected chi connectivity index (χ1v) is 8.44. The third-order valence-electron chi connectivity index (χ3n) is 4.00. The number of aromatic nitrogens is 2. The topological polar surface area (TPSA) is 87.7 Å². The van der Waals surface area contributed by atoms with Crippen molar-refractivity contribution in [2.75, 3.05) is 0 Å². The van der Waals surface area contributed by atoms with Crippen LogP contribution in [0, 0.1) is 0 Å². The van der Waals surface area contributed by atoms with Crippen LogP contribution in [0.15, 0.2) is 29.3 Å². The van der Waals surface area contributed by atoms with Crippen molar-refractivity contribution in [3.05, 3.63) is 34.6 Å². The lowest BCUT2D eigenvalue weighted by Crippen LogP contribution is -2.25. The highest BCUT2D eigenvalue weighted by Crippen LogP contribution is 2.22. The molecule has 2 atom stereocenters. The van der Waals surface area contributed by atoms with Gasteiger partial charge in [-0.3, -0.25) is 4.99 Å². The lowest BCUT2D eigenvalue weighted by Gasteiger charge is -2.22. The van der Waals surface area contributed by atoms with Crippen LogP contribution >= 0.6 is 11.3 Å². The normalized spacial score (nSPS) is 22.3. The summed E-state index contributed by atoms with van der Waals surface area (Å²) in [5.74, 6) is -0.937. The molecule has 0 unspecified atom stereocenters. The summed E-state index contributed by atoms with van der Waals surface area (Å²) in [6.45, 7) is 0. The van der Waals surface area contributed by atoms with Crippen molar-refractivity contribution in [2.45, 2.75) is 37.8 Å². The number of carboxylic acid groups (broad SMARTS) is 1.